The van der Waals surface area contributed by atoms with Crippen LogP contribution in [0.2, 0.25) is 0 Å². The van der Waals surface area contributed by atoms with Gasteiger partial charge in [-0.05, 0) is 68.1 Å². The zero-order chi connectivity index (χ0) is 20.1. The van der Waals surface area contributed by atoms with Crippen molar-refractivity contribution in [1.29, 1.82) is 0 Å². The summed E-state index contributed by atoms with van der Waals surface area (Å²) in [6.07, 6.45) is 2.31. The molecule has 0 unspecified atom stereocenters. The van der Waals surface area contributed by atoms with Crippen LogP contribution < -0.4 is 4.74 Å². The van der Waals surface area contributed by atoms with Gasteiger partial charge in [0.2, 0.25) is 0 Å². The first-order chi connectivity index (χ1) is 14.1. The summed E-state index contributed by atoms with van der Waals surface area (Å²) >= 11 is 0. The van der Waals surface area contributed by atoms with E-state index in [1.54, 1.807) is 13.2 Å². The summed E-state index contributed by atoms with van der Waals surface area (Å²) in [5.74, 6) is 1.76. The third-order valence-electron chi connectivity index (χ3n) is 7.27. The van der Waals surface area contributed by atoms with Crippen LogP contribution in [0.4, 0.5) is 0 Å². The summed E-state index contributed by atoms with van der Waals surface area (Å²) in [7, 11) is 1.68. The van der Waals surface area contributed by atoms with Gasteiger partial charge in [0.25, 0.3) is 5.91 Å². The molecule has 0 aromatic heterocycles. The monoisotopic (exact) mass is 392 g/mol. The standard InChI is InChI=1S/C24H28N2O3/c1-15-4-3-5-19(23(15)27)24(28)26-14-20(16-6-8-18(29-2)9-7-16)22-21(26)17-10-12-25(22)13-11-17/h3-9,17,20-22,27H,10-14H2,1-2H3/t20-,21+,22+/m0/s1. The van der Waals surface area contributed by atoms with Gasteiger partial charge in [0.15, 0.2) is 0 Å². The van der Waals surface area contributed by atoms with Crippen LogP contribution >= 0.6 is 0 Å². The van der Waals surface area contributed by atoms with Crippen molar-refractivity contribution in [3.63, 3.8) is 0 Å². The molecule has 29 heavy (non-hydrogen) atoms. The Morgan fingerprint density at radius 1 is 1.07 bits per heavy atom. The molecule has 2 aromatic carbocycles. The Hall–Kier alpha value is -2.53. The van der Waals surface area contributed by atoms with Gasteiger partial charge in [-0.1, -0.05) is 24.3 Å². The molecule has 0 saturated carbocycles. The Kier molecular flexibility index (Phi) is 4.50. The number of hydrogen-bond donors (Lipinski definition) is 1. The summed E-state index contributed by atoms with van der Waals surface area (Å²) in [4.78, 5) is 18.2. The highest BCUT2D eigenvalue weighted by Gasteiger charge is 2.54. The van der Waals surface area contributed by atoms with Crippen molar-refractivity contribution in [2.75, 3.05) is 26.7 Å². The molecule has 4 aliphatic rings. The number of phenolic OH excluding ortho intramolecular Hbond substituents is 1. The summed E-state index contributed by atoms with van der Waals surface area (Å²) in [6, 6.07) is 14.3. The molecular weight excluding hydrogens is 364 g/mol. The summed E-state index contributed by atoms with van der Waals surface area (Å²) in [5.41, 5.74) is 2.43. The third-order valence-corrected chi connectivity index (χ3v) is 7.27. The molecule has 2 aromatic rings. The molecule has 4 heterocycles. The minimum absolute atomic E-state index is 0.0361. The van der Waals surface area contributed by atoms with Crippen molar-refractivity contribution < 1.29 is 14.6 Å². The summed E-state index contributed by atoms with van der Waals surface area (Å²) in [5, 5.41) is 10.5. The Morgan fingerprint density at radius 3 is 2.48 bits per heavy atom. The molecule has 1 N–H and O–H groups in total. The molecule has 152 valence electrons. The number of carbonyl (C=O) groups is 1. The molecule has 2 bridgehead atoms. The normalized spacial score (nSPS) is 30.3. The second-order valence-corrected chi connectivity index (χ2v) is 8.66. The van der Waals surface area contributed by atoms with E-state index < -0.39 is 0 Å². The molecule has 4 fully saturated rings. The van der Waals surface area contributed by atoms with Gasteiger partial charge in [-0.15, -0.1) is 0 Å². The van der Waals surface area contributed by atoms with Gasteiger partial charge in [-0.3, -0.25) is 9.69 Å². The highest BCUT2D eigenvalue weighted by atomic mass is 16.5. The van der Waals surface area contributed by atoms with Crippen LogP contribution in [-0.4, -0.2) is 59.6 Å². The minimum Gasteiger partial charge on any atom is -0.507 e. The molecule has 5 nitrogen and oxygen atoms in total. The van der Waals surface area contributed by atoms with E-state index in [1.807, 2.05) is 31.2 Å². The molecule has 4 aliphatic heterocycles. The SMILES string of the molecule is COc1ccc([C@@H]2CN(C(=O)c3cccc(C)c3O)[C@@H]3C4CCN(CC4)[C@@H]32)cc1. The van der Waals surface area contributed by atoms with E-state index in [1.165, 1.54) is 5.56 Å². The smallest absolute Gasteiger partial charge is 0.257 e. The van der Waals surface area contributed by atoms with Crippen LogP contribution in [0.3, 0.4) is 0 Å². The Morgan fingerprint density at radius 2 is 1.79 bits per heavy atom. The van der Waals surface area contributed by atoms with Gasteiger partial charge >= 0.3 is 0 Å². The lowest BCUT2D eigenvalue weighted by molar-refractivity contribution is -0.00348. The molecule has 0 radical (unpaired) electrons. The number of rotatable bonds is 3. The lowest BCUT2D eigenvalue weighted by Gasteiger charge is -2.51. The zero-order valence-electron chi connectivity index (χ0n) is 17.0. The van der Waals surface area contributed by atoms with Crippen LogP contribution in [0, 0.1) is 12.8 Å². The Labute approximate surface area is 171 Å². The van der Waals surface area contributed by atoms with Gasteiger partial charge in [0.1, 0.15) is 11.5 Å². The van der Waals surface area contributed by atoms with Crippen molar-refractivity contribution in [2.45, 2.75) is 37.8 Å². The fourth-order valence-electron chi connectivity index (χ4n) is 5.79. The number of phenols is 1. The van der Waals surface area contributed by atoms with E-state index in [-0.39, 0.29) is 23.6 Å². The topological polar surface area (TPSA) is 53.0 Å². The number of piperidine rings is 3. The third kappa shape index (κ3) is 2.91. The Balaban J connectivity index is 1.52. The van der Waals surface area contributed by atoms with Gasteiger partial charge in [0, 0.05) is 18.5 Å². The van der Waals surface area contributed by atoms with Crippen LogP contribution in [0.25, 0.3) is 0 Å². The number of fused-ring (bicyclic) bond motifs is 2. The maximum Gasteiger partial charge on any atom is 0.257 e. The Bertz CT molecular complexity index is 918. The van der Waals surface area contributed by atoms with Crippen molar-refractivity contribution >= 4 is 5.91 Å². The van der Waals surface area contributed by atoms with Crippen molar-refractivity contribution in [3.8, 4) is 11.5 Å². The average molecular weight is 392 g/mol. The van der Waals surface area contributed by atoms with Crippen molar-refractivity contribution in [2.24, 2.45) is 5.92 Å². The van der Waals surface area contributed by atoms with E-state index in [9.17, 15) is 9.90 Å². The molecule has 5 heteroatoms. The second kappa shape index (κ2) is 7.06. The van der Waals surface area contributed by atoms with Crippen molar-refractivity contribution in [1.82, 2.24) is 9.80 Å². The van der Waals surface area contributed by atoms with E-state index >= 15 is 0 Å². The van der Waals surface area contributed by atoms with Crippen molar-refractivity contribution in [3.05, 3.63) is 59.2 Å². The number of ether oxygens (including phenoxy) is 1. The molecule has 1 amide bonds. The lowest BCUT2D eigenvalue weighted by Crippen LogP contribution is -2.60. The number of nitrogens with zero attached hydrogens (tertiary/aromatic N) is 2. The number of para-hydroxylation sites is 1. The number of benzene rings is 2. The quantitative estimate of drug-likeness (QED) is 0.870. The van der Waals surface area contributed by atoms with E-state index in [2.05, 4.69) is 21.9 Å². The predicted octanol–water partition coefficient (Wildman–Crippen LogP) is 3.41. The number of amides is 1. The molecule has 0 aliphatic carbocycles. The maximum absolute atomic E-state index is 13.6. The van der Waals surface area contributed by atoms with Gasteiger partial charge in [-0.25, -0.2) is 0 Å². The highest BCUT2D eigenvalue weighted by molar-refractivity contribution is 5.97. The maximum atomic E-state index is 13.6. The molecule has 0 spiro atoms. The molecule has 3 atom stereocenters. The van der Waals surface area contributed by atoms with Gasteiger partial charge < -0.3 is 14.7 Å². The largest absolute Gasteiger partial charge is 0.507 e. The van der Waals surface area contributed by atoms with Gasteiger partial charge in [0.05, 0.1) is 18.7 Å². The van der Waals surface area contributed by atoms with Crippen LogP contribution in [0.1, 0.15) is 40.2 Å². The fraction of sp³-hybridized carbons (Fsp3) is 0.458. The first-order valence-corrected chi connectivity index (χ1v) is 10.6. The lowest BCUT2D eigenvalue weighted by atomic mass is 9.75. The number of methoxy groups -OCH3 is 1. The second-order valence-electron chi connectivity index (χ2n) is 8.66. The number of aromatic hydroxyl groups is 1. The fourth-order valence-corrected chi connectivity index (χ4v) is 5.79. The van der Waals surface area contributed by atoms with Crippen LogP contribution in [-0.2, 0) is 0 Å². The predicted molar refractivity (Wildman–Crippen MR) is 111 cm³/mol. The molecular formula is C24H28N2O3. The van der Waals surface area contributed by atoms with E-state index in [0.29, 0.717) is 24.1 Å². The van der Waals surface area contributed by atoms with Gasteiger partial charge in [-0.2, -0.15) is 0 Å². The van der Waals surface area contributed by atoms with E-state index in [4.69, 9.17) is 4.74 Å². The first-order valence-electron chi connectivity index (χ1n) is 10.6. The van der Waals surface area contributed by atoms with Crippen LogP contribution in [0.5, 0.6) is 11.5 Å². The summed E-state index contributed by atoms with van der Waals surface area (Å²) in [6.45, 7) is 4.78. The number of hydrogen-bond acceptors (Lipinski definition) is 4. The number of likely N-dealkylation sites (tertiary alicyclic amines) is 1. The minimum atomic E-state index is -0.0361. The average Bonchev–Trinajstić information content (AvgIpc) is 3.19. The number of carbonyl (C=O) groups excluding carboxylic acids is 1. The number of aryl methyl sites for hydroxylation is 1. The van der Waals surface area contributed by atoms with E-state index in [0.717, 1.165) is 37.2 Å². The molecule has 4 saturated heterocycles. The first kappa shape index (κ1) is 18.5. The molecule has 6 rings (SSSR count). The van der Waals surface area contributed by atoms with Crippen LogP contribution in [0.15, 0.2) is 42.5 Å². The summed E-state index contributed by atoms with van der Waals surface area (Å²) < 4.78 is 5.33. The highest BCUT2D eigenvalue weighted by Crippen LogP contribution is 2.47. The zero-order valence-corrected chi connectivity index (χ0v) is 17.0.